The fourth-order valence-electron chi connectivity index (χ4n) is 3.97. The summed E-state index contributed by atoms with van der Waals surface area (Å²) in [7, 11) is 0. The molecule has 9 nitrogen and oxygen atoms in total. The lowest BCUT2D eigenvalue weighted by Crippen LogP contribution is -2.64. The van der Waals surface area contributed by atoms with Crippen LogP contribution >= 0.6 is 0 Å². The highest BCUT2D eigenvalue weighted by Gasteiger charge is 2.42. The Kier molecular flexibility index (Phi) is 7.02. The van der Waals surface area contributed by atoms with Crippen molar-refractivity contribution < 1.29 is 23.5 Å². The summed E-state index contributed by atoms with van der Waals surface area (Å²) in [6.07, 6.45) is 2.01. The molecule has 30 heavy (non-hydrogen) atoms. The number of ether oxygens (including phenoxy) is 1. The van der Waals surface area contributed by atoms with Gasteiger partial charge in [0, 0.05) is 19.1 Å². The van der Waals surface area contributed by atoms with Gasteiger partial charge in [0.1, 0.15) is 11.3 Å². The zero-order valence-corrected chi connectivity index (χ0v) is 18.0. The van der Waals surface area contributed by atoms with Crippen LogP contribution < -0.4 is 16.0 Å². The summed E-state index contributed by atoms with van der Waals surface area (Å²) < 4.78 is 10.6. The molecule has 1 aromatic heterocycles. The van der Waals surface area contributed by atoms with Gasteiger partial charge in [-0.2, -0.15) is 0 Å². The van der Waals surface area contributed by atoms with Gasteiger partial charge in [0.25, 0.3) is 5.91 Å². The average Bonchev–Trinajstić information content (AvgIpc) is 3.08. The van der Waals surface area contributed by atoms with Crippen molar-refractivity contribution in [3.8, 4) is 0 Å². The summed E-state index contributed by atoms with van der Waals surface area (Å²) in [6.45, 7) is 8.18. The molecular formula is C21H32N4O5. The van der Waals surface area contributed by atoms with Crippen molar-refractivity contribution in [2.24, 2.45) is 0 Å². The van der Waals surface area contributed by atoms with Gasteiger partial charge in [0.05, 0.1) is 6.61 Å². The number of carbonyl (C=O) groups excluding carboxylic acids is 3. The van der Waals surface area contributed by atoms with E-state index in [0.29, 0.717) is 64.2 Å². The third-order valence-corrected chi connectivity index (χ3v) is 5.99. The van der Waals surface area contributed by atoms with E-state index in [1.165, 1.54) is 0 Å². The fraction of sp³-hybridized carbons (Fsp3) is 0.667. The highest BCUT2D eigenvalue weighted by Crippen LogP contribution is 2.22. The highest BCUT2D eigenvalue weighted by molar-refractivity contribution is 5.98. The topological polar surface area (TPSA) is 113 Å². The molecule has 0 radical (unpaired) electrons. The standard InChI is InChI=1S/C21H32N4O5/c1-4-29-20(28)25-11-5-16(6-12-25)23-19(27)21(7-9-22-10-8-21)24-18(26)17-13-14(2)15(3)30-17/h13,16,22H,4-12H2,1-3H3,(H,23,27)(H,24,26). The van der Waals surface area contributed by atoms with Gasteiger partial charge in [0.15, 0.2) is 5.76 Å². The summed E-state index contributed by atoms with van der Waals surface area (Å²) in [5.41, 5.74) is -0.0767. The van der Waals surface area contributed by atoms with Crippen molar-refractivity contribution in [2.75, 3.05) is 32.8 Å². The van der Waals surface area contributed by atoms with Gasteiger partial charge in [-0.1, -0.05) is 0 Å². The maximum atomic E-state index is 13.3. The minimum atomic E-state index is -0.977. The Morgan fingerprint density at radius 2 is 1.90 bits per heavy atom. The molecule has 3 amide bonds. The molecule has 166 valence electrons. The van der Waals surface area contributed by atoms with Crippen LogP contribution in [0, 0.1) is 13.8 Å². The molecule has 0 saturated carbocycles. The third-order valence-electron chi connectivity index (χ3n) is 5.99. The highest BCUT2D eigenvalue weighted by atomic mass is 16.6. The van der Waals surface area contributed by atoms with Crippen LogP contribution in [0.5, 0.6) is 0 Å². The molecular weight excluding hydrogens is 388 g/mol. The maximum absolute atomic E-state index is 13.3. The Bertz CT molecular complexity index is 757. The zero-order chi connectivity index (χ0) is 21.7. The predicted octanol–water partition coefficient (Wildman–Crippen LogP) is 1.49. The normalized spacial score (nSPS) is 19.2. The van der Waals surface area contributed by atoms with Gasteiger partial charge in [0.2, 0.25) is 5.91 Å². The Morgan fingerprint density at radius 3 is 2.47 bits per heavy atom. The molecule has 2 saturated heterocycles. The summed E-state index contributed by atoms with van der Waals surface area (Å²) in [4.78, 5) is 39.6. The lowest BCUT2D eigenvalue weighted by Gasteiger charge is -2.39. The van der Waals surface area contributed by atoms with Crippen molar-refractivity contribution in [3.63, 3.8) is 0 Å². The molecule has 2 aliphatic heterocycles. The molecule has 3 rings (SSSR count). The minimum Gasteiger partial charge on any atom is -0.456 e. The molecule has 9 heteroatoms. The first kappa shape index (κ1) is 22.1. The Balaban J connectivity index is 1.63. The number of hydrogen-bond donors (Lipinski definition) is 3. The Hall–Kier alpha value is -2.55. The lowest BCUT2D eigenvalue weighted by atomic mass is 9.86. The number of rotatable bonds is 5. The van der Waals surface area contributed by atoms with Crippen molar-refractivity contribution >= 4 is 17.9 Å². The Morgan fingerprint density at radius 1 is 1.23 bits per heavy atom. The summed E-state index contributed by atoms with van der Waals surface area (Å²) >= 11 is 0. The van der Waals surface area contributed by atoms with Crippen LogP contribution in [0.4, 0.5) is 4.79 Å². The van der Waals surface area contributed by atoms with Crippen LogP contribution in [0.2, 0.25) is 0 Å². The number of hydrogen-bond acceptors (Lipinski definition) is 6. The molecule has 0 atom stereocenters. The van der Waals surface area contributed by atoms with Crippen LogP contribution in [-0.2, 0) is 9.53 Å². The van der Waals surface area contributed by atoms with Gasteiger partial charge in [-0.3, -0.25) is 9.59 Å². The van der Waals surface area contributed by atoms with Crippen LogP contribution in [0.1, 0.15) is 54.5 Å². The van der Waals surface area contributed by atoms with Crippen molar-refractivity contribution in [1.29, 1.82) is 0 Å². The predicted molar refractivity (Wildman–Crippen MR) is 110 cm³/mol. The average molecular weight is 421 g/mol. The second-order valence-electron chi connectivity index (χ2n) is 8.07. The number of aryl methyl sites for hydroxylation is 2. The smallest absolute Gasteiger partial charge is 0.409 e. The molecule has 0 bridgehead atoms. The van der Waals surface area contributed by atoms with Gasteiger partial charge in [-0.25, -0.2) is 4.79 Å². The van der Waals surface area contributed by atoms with E-state index in [2.05, 4.69) is 16.0 Å². The number of likely N-dealkylation sites (tertiary alicyclic amines) is 1. The number of nitrogens with zero attached hydrogens (tertiary/aromatic N) is 1. The zero-order valence-electron chi connectivity index (χ0n) is 18.0. The van der Waals surface area contributed by atoms with E-state index in [1.807, 2.05) is 13.8 Å². The second kappa shape index (κ2) is 9.51. The van der Waals surface area contributed by atoms with Crippen molar-refractivity contribution in [2.45, 2.75) is 58.0 Å². The maximum Gasteiger partial charge on any atom is 0.409 e. The van der Waals surface area contributed by atoms with E-state index in [-0.39, 0.29) is 29.7 Å². The first-order valence-electron chi connectivity index (χ1n) is 10.7. The lowest BCUT2D eigenvalue weighted by molar-refractivity contribution is -0.129. The van der Waals surface area contributed by atoms with Crippen LogP contribution in [0.3, 0.4) is 0 Å². The quantitative estimate of drug-likeness (QED) is 0.665. The summed E-state index contributed by atoms with van der Waals surface area (Å²) in [5, 5.41) is 9.30. The SMILES string of the molecule is CCOC(=O)N1CCC(NC(=O)C2(NC(=O)c3cc(C)c(C)o3)CCNCC2)CC1. The van der Waals surface area contributed by atoms with Gasteiger partial charge < -0.3 is 30.0 Å². The van der Waals surface area contributed by atoms with Crippen LogP contribution in [0.25, 0.3) is 0 Å². The number of carbonyl (C=O) groups is 3. The molecule has 3 N–H and O–H groups in total. The number of amides is 3. The van der Waals surface area contributed by atoms with E-state index in [0.717, 1.165) is 5.56 Å². The van der Waals surface area contributed by atoms with Crippen LogP contribution in [0.15, 0.2) is 10.5 Å². The van der Waals surface area contributed by atoms with Crippen molar-refractivity contribution in [3.05, 3.63) is 23.2 Å². The van der Waals surface area contributed by atoms with E-state index < -0.39 is 5.54 Å². The molecule has 0 aliphatic carbocycles. The molecule has 0 unspecified atom stereocenters. The van der Waals surface area contributed by atoms with Gasteiger partial charge in [-0.05, 0) is 71.2 Å². The van der Waals surface area contributed by atoms with Crippen LogP contribution in [-0.4, -0.2) is 67.2 Å². The first-order chi connectivity index (χ1) is 14.3. The van der Waals surface area contributed by atoms with Gasteiger partial charge in [-0.15, -0.1) is 0 Å². The summed E-state index contributed by atoms with van der Waals surface area (Å²) in [6, 6.07) is 1.66. The second-order valence-corrected chi connectivity index (χ2v) is 8.07. The monoisotopic (exact) mass is 420 g/mol. The molecule has 0 spiro atoms. The molecule has 1 aromatic rings. The van der Waals surface area contributed by atoms with Gasteiger partial charge >= 0.3 is 6.09 Å². The molecule has 0 aromatic carbocycles. The summed E-state index contributed by atoms with van der Waals surface area (Å²) in [5.74, 6) is 0.364. The van der Waals surface area contributed by atoms with E-state index >= 15 is 0 Å². The fourth-order valence-corrected chi connectivity index (χ4v) is 3.97. The Labute approximate surface area is 176 Å². The molecule has 2 fully saturated rings. The van der Waals surface area contributed by atoms with E-state index in [9.17, 15) is 14.4 Å². The molecule has 3 heterocycles. The first-order valence-corrected chi connectivity index (χ1v) is 10.7. The third kappa shape index (κ3) is 4.95. The van der Waals surface area contributed by atoms with Crippen molar-refractivity contribution in [1.82, 2.24) is 20.9 Å². The minimum absolute atomic E-state index is 0.0417. The van der Waals surface area contributed by atoms with E-state index in [4.69, 9.17) is 9.15 Å². The van der Waals surface area contributed by atoms with E-state index in [1.54, 1.807) is 17.9 Å². The largest absolute Gasteiger partial charge is 0.456 e. The molecule has 2 aliphatic rings. The number of furan rings is 1. The number of piperidine rings is 2. The number of nitrogens with one attached hydrogen (secondary N) is 3.